The summed E-state index contributed by atoms with van der Waals surface area (Å²) in [6.45, 7) is 4.91. The number of pyridine rings is 1. The number of phenols is 1. The number of nitrogens with zero attached hydrogens (tertiary/aromatic N) is 5. The molecule has 7 nitrogen and oxygen atoms in total. The number of alkyl halides is 1. The van der Waals surface area contributed by atoms with Crippen molar-refractivity contribution in [2.75, 3.05) is 31.1 Å². The number of benzene rings is 2. The van der Waals surface area contributed by atoms with Gasteiger partial charge in [-0.3, -0.25) is 9.88 Å². The van der Waals surface area contributed by atoms with Crippen LogP contribution >= 0.6 is 0 Å². The van der Waals surface area contributed by atoms with Crippen molar-refractivity contribution in [1.82, 2.24) is 25.2 Å². The van der Waals surface area contributed by atoms with Gasteiger partial charge in [0.1, 0.15) is 28.9 Å². The van der Waals surface area contributed by atoms with Gasteiger partial charge in [-0.15, -0.1) is 0 Å². The Morgan fingerprint density at radius 2 is 2.12 bits per heavy atom. The van der Waals surface area contributed by atoms with E-state index >= 15 is 4.39 Å². The summed E-state index contributed by atoms with van der Waals surface area (Å²) in [5, 5.41) is 16.3. The zero-order valence-corrected chi connectivity index (χ0v) is 23.5. The van der Waals surface area contributed by atoms with Crippen molar-refractivity contribution in [3.63, 3.8) is 0 Å². The molecule has 0 spiro atoms. The number of aromatic nitrogens is 3. The van der Waals surface area contributed by atoms with Crippen LogP contribution in [0, 0.1) is 17.7 Å². The van der Waals surface area contributed by atoms with Gasteiger partial charge in [-0.1, -0.05) is 31.0 Å². The lowest BCUT2D eigenvalue weighted by atomic mass is 9.94. The predicted molar refractivity (Wildman–Crippen MR) is 159 cm³/mol. The third kappa shape index (κ3) is 3.96. The molecule has 2 N–H and O–H groups in total. The maximum absolute atomic E-state index is 16.7. The molecular weight excluding hydrogens is 534 g/mol. The quantitative estimate of drug-likeness (QED) is 0.347. The summed E-state index contributed by atoms with van der Waals surface area (Å²) in [5.41, 5.74) is 1.36. The number of piperazine rings is 1. The average molecular weight is 567 g/mol. The second kappa shape index (κ2) is 9.58. The highest BCUT2D eigenvalue weighted by Crippen LogP contribution is 2.41. The zero-order chi connectivity index (χ0) is 28.6. The van der Waals surface area contributed by atoms with E-state index in [4.69, 9.17) is 4.98 Å². The van der Waals surface area contributed by atoms with Gasteiger partial charge < -0.3 is 15.3 Å². The first-order chi connectivity index (χ1) is 20.4. The summed E-state index contributed by atoms with van der Waals surface area (Å²) in [6, 6.07) is 9.76. The Kier molecular flexibility index (Phi) is 5.89. The number of aryl methyl sites for hydroxylation is 1. The van der Waals surface area contributed by atoms with Gasteiger partial charge in [0.2, 0.25) is 5.82 Å². The van der Waals surface area contributed by atoms with Crippen LogP contribution in [0.25, 0.3) is 32.9 Å². The van der Waals surface area contributed by atoms with Crippen LogP contribution in [0.15, 0.2) is 36.5 Å². The molecule has 0 aliphatic carbocycles. The van der Waals surface area contributed by atoms with Gasteiger partial charge in [0.15, 0.2) is 5.82 Å². The Hall–Kier alpha value is -3.87. The Balaban J connectivity index is 1.33. The van der Waals surface area contributed by atoms with Crippen LogP contribution < -0.4 is 10.2 Å². The van der Waals surface area contributed by atoms with Crippen LogP contribution in [0.5, 0.6) is 5.75 Å². The first-order valence-electron chi connectivity index (χ1n) is 15.0. The van der Waals surface area contributed by atoms with Crippen LogP contribution in [-0.4, -0.2) is 74.9 Å². The fraction of sp³-hybridized carbons (Fsp3) is 0.424. The Morgan fingerprint density at radius 1 is 1.21 bits per heavy atom. The molecule has 214 valence electrons. The second-order valence-corrected chi connectivity index (χ2v) is 12.2. The maximum atomic E-state index is 16.7. The number of fused-ring (bicyclic) bond motifs is 5. The first-order valence-corrected chi connectivity index (χ1v) is 15.0. The fourth-order valence-electron chi connectivity index (χ4n) is 7.76. The Bertz CT molecular complexity index is 1820. The molecule has 8 rings (SSSR count). The van der Waals surface area contributed by atoms with Crippen LogP contribution in [-0.2, 0) is 6.42 Å². The number of halogens is 2. The van der Waals surface area contributed by atoms with Crippen LogP contribution in [0.1, 0.15) is 44.0 Å². The number of nitrogens with one attached hydrogen (secondary N) is 1. The van der Waals surface area contributed by atoms with Crippen molar-refractivity contribution >= 4 is 27.5 Å². The molecule has 9 heteroatoms. The summed E-state index contributed by atoms with van der Waals surface area (Å²) >= 11 is 0. The zero-order valence-electron chi connectivity index (χ0n) is 23.5. The van der Waals surface area contributed by atoms with Crippen molar-refractivity contribution in [3.05, 3.63) is 53.7 Å². The second-order valence-electron chi connectivity index (χ2n) is 12.2. The lowest BCUT2D eigenvalue weighted by molar-refractivity contribution is 0.255. The lowest BCUT2D eigenvalue weighted by Crippen LogP contribution is -2.44. The lowest BCUT2D eigenvalue weighted by Gasteiger charge is -2.29. The van der Waals surface area contributed by atoms with Gasteiger partial charge in [0, 0.05) is 49.9 Å². The highest BCUT2D eigenvalue weighted by molar-refractivity contribution is 6.01. The highest BCUT2D eigenvalue weighted by Gasteiger charge is 2.47. The molecule has 2 bridgehead atoms. The van der Waals surface area contributed by atoms with Crippen molar-refractivity contribution in [1.29, 1.82) is 0 Å². The first kappa shape index (κ1) is 25.8. The van der Waals surface area contributed by atoms with E-state index in [-0.39, 0.29) is 28.8 Å². The van der Waals surface area contributed by atoms with Gasteiger partial charge in [-0.05, 0) is 66.6 Å². The molecule has 0 radical (unpaired) electrons. The van der Waals surface area contributed by atoms with Gasteiger partial charge >= 0.3 is 0 Å². The van der Waals surface area contributed by atoms with Gasteiger partial charge in [-0.2, -0.15) is 0 Å². The van der Waals surface area contributed by atoms with E-state index in [0.29, 0.717) is 35.8 Å². The Labute approximate surface area is 243 Å². The van der Waals surface area contributed by atoms with E-state index in [1.807, 2.05) is 18.2 Å². The summed E-state index contributed by atoms with van der Waals surface area (Å²) in [6.07, 6.45) is 4.70. The van der Waals surface area contributed by atoms with E-state index in [0.717, 1.165) is 61.7 Å². The molecular formula is C33H32F2N6O. The third-order valence-electron chi connectivity index (χ3n) is 9.69. The van der Waals surface area contributed by atoms with Crippen LogP contribution in [0.3, 0.4) is 0 Å². The summed E-state index contributed by atoms with van der Waals surface area (Å²) in [5.74, 6) is 6.87. The minimum atomic E-state index is -0.892. The van der Waals surface area contributed by atoms with Gasteiger partial charge in [-0.25, -0.2) is 18.7 Å². The normalized spacial score (nSPS) is 26.7. The smallest absolute Gasteiger partial charge is 0.207 e. The van der Waals surface area contributed by atoms with Crippen molar-refractivity contribution in [2.24, 2.45) is 0 Å². The number of aromatic hydroxyl groups is 1. The molecule has 0 saturated carbocycles. The van der Waals surface area contributed by atoms with Gasteiger partial charge in [0.25, 0.3) is 0 Å². The SMILES string of the molecule is CCc1cccc2cc(O)cc(-c3ncc4c(N5C[C@H]6C[C@@H]5CN6)nc(C#C[C@@]56CCCN5C[C@H](F)C6)nc4c3F)c12. The predicted octanol–water partition coefficient (Wildman–Crippen LogP) is 4.73. The molecule has 4 atom stereocenters. The minimum absolute atomic E-state index is 0.0469. The summed E-state index contributed by atoms with van der Waals surface area (Å²) in [7, 11) is 0. The molecule has 2 aromatic heterocycles. The molecule has 2 aromatic carbocycles. The standard InChI is InChI=1S/C33H32F2N6O/c1-2-19-5-3-6-20-11-24(42)13-25(28(19)20)30-29(35)31-26(16-37-30)32(41-18-22-12-23(41)15-36-22)39-27(38-31)7-9-33-8-4-10-40(33)17-21(34)14-33/h3,5-6,11,13,16,21-23,36,42H,2,4,8,10,12,14-15,17-18H2,1H3/t21-,22-,23-,33-/m1/s1. The minimum Gasteiger partial charge on any atom is -0.508 e. The fourth-order valence-corrected chi connectivity index (χ4v) is 7.76. The van der Waals surface area contributed by atoms with E-state index in [9.17, 15) is 9.50 Å². The van der Waals surface area contributed by atoms with Crippen molar-refractivity contribution in [3.8, 4) is 28.8 Å². The van der Waals surface area contributed by atoms with E-state index in [1.54, 1.807) is 18.3 Å². The molecule has 0 amide bonds. The van der Waals surface area contributed by atoms with Crippen molar-refractivity contribution in [2.45, 2.75) is 62.8 Å². The Morgan fingerprint density at radius 3 is 2.93 bits per heavy atom. The van der Waals surface area contributed by atoms with Crippen molar-refractivity contribution < 1.29 is 13.9 Å². The molecule has 4 aliphatic heterocycles. The molecule has 6 heterocycles. The third-order valence-corrected chi connectivity index (χ3v) is 9.69. The molecule has 42 heavy (non-hydrogen) atoms. The molecule has 4 saturated heterocycles. The van der Waals surface area contributed by atoms with Crippen LogP contribution in [0.2, 0.25) is 0 Å². The summed E-state index contributed by atoms with van der Waals surface area (Å²) < 4.78 is 31.1. The number of hydrogen-bond acceptors (Lipinski definition) is 7. The van der Waals surface area contributed by atoms with E-state index in [1.165, 1.54) is 0 Å². The van der Waals surface area contributed by atoms with E-state index in [2.05, 4.69) is 43.8 Å². The molecule has 4 aromatic rings. The number of anilines is 1. The monoisotopic (exact) mass is 566 g/mol. The topological polar surface area (TPSA) is 77.4 Å². The molecule has 0 unspecified atom stereocenters. The van der Waals surface area contributed by atoms with Gasteiger partial charge in [0.05, 0.1) is 10.9 Å². The van der Waals surface area contributed by atoms with E-state index < -0.39 is 17.5 Å². The number of hydrogen-bond donors (Lipinski definition) is 2. The largest absolute Gasteiger partial charge is 0.508 e. The highest BCUT2D eigenvalue weighted by atomic mass is 19.1. The number of rotatable bonds is 3. The average Bonchev–Trinajstić information content (AvgIpc) is 3.77. The van der Waals surface area contributed by atoms with Crippen LogP contribution in [0.4, 0.5) is 14.6 Å². The number of phenolic OH excluding ortho intramolecular Hbond substituents is 1. The molecule has 4 aliphatic rings. The summed E-state index contributed by atoms with van der Waals surface area (Å²) in [4.78, 5) is 18.6. The molecule has 4 fully saturated rings. The maximum Gasteiger partial charge on any atom is 0.207 e.